The largest absolute Gasteiger partial charge is 0.387 e. The van der Waals surface area contributed by atoms with Crippen LogP contribution in [0.3, 0.4) is 0 Å². The lowest BCUT2D eigenvalue weighted by Crippen LogP contribution is -2.46. The summed E-state index contributed by atoms with van der Waals surface area (Å²) in [4.78, 5) is 11.2. The van der Waals surface area contributed by atoms with Gasteiger partial charge in [0.2, 0.25) is 5.91 Å². The average molecular weight is 305 g/mol. The second-order valence-electron chi connectivity index (χ2n) is 4.71. The number of benzene rings is 1. The number of primary amides is 1. The molecule has 1 aromatic carbocycles. The van der Waals surface area contributed by atoms with Gasteiger partial charge < -0.3 is 16.2 Å². The van der Waals surface area contributed by atoms with Crippen molar-refractivity contribution in [3.05, 3.63) is 33.8 Å². The van der Waals surface area contributed by atoms with E-state index in [1.54, 1.807) is 18.2 Å². The molecular weight excluding hydrogens is 287 g/mol. The molecule has 0 fully saturated rings. The zero-order valence-corrected chi connectivity index (χ0v) is 12.4. The summed E-state index contributed by atoms with van der Waals surface area (Å²) in [5.41, 5.74) is 5.81. The van der Waals surface area contributed by atoms with Crippen LogP contribution in [-0.2, 0) is 4.79 Å². The van der Waals surface area contributed by atoms with Crippen molar-refractivity contribution in [1.82, 2.24) is 5.32 Å². The summed E-state index contributed by atoms with van der Waals surface area (Å²) in [6.07, 6.45) is -0.855. The van der Waals surface area contributed by atoms with E-state index in [1.165, 1.54) is 0 Å². The third-order valence-electron chi connectivity index (χ3n) is 2.82. The van der Waals surface area contributed by atoms with E-state index >= 15 is 0 Å². The molecule has 0 aromatic heterocycles. The molecule has 4 nitrogen and oxygen atoms in total. The lowest BCUT2D eigenvalue weighted by Gasteiger charge is -2.21. The van der Waals surface area contributed by atoms with E-state index in [1.807, 2.05) is 13.8 Å². The third kappa shape index (κ3) is 4.66. The normalized spacial score (nSPS) is 14.4. The van der Waals surface area contributed by atoms with Gasteiger partial charge in [-0.05, 0) is 24.1 Å². The maximum absolute atomic E-state index is 11.2. The first kappa shape index (κ1) is 16.2. The molecule has 0 heterocycles. The topological polar surface area (TPSA) is 75.3 Å². The summed E-state index contributed by atoms with van der Waals surface area (Å²) < 4.78 is 0. The molecule has 1 amide bonds. The Labute approximate surface area is 122 Å². The van der Waals surface area contributed by atoms with Crippen molar-refractivity contribution in [2.75, 3.05) is 6.54 Å². The highest BCUT2D eigenvalue weighted by Crippen LogP contribution is 2.26. The number of amides is 1. The molecule has 0 bridgehead atoms. The van der Waals surface area contributed by atoms with Crippen molar-refractivity contribution in [1.29, 1.82) is 0 Å². The van der Waals surface area contributed by atoms with Crippen LogP contribution in [0.2, 0.25) is 10.0 Å². The highest BCUT2D eigenvalue weighted by atomic mass is 35.5. The monoisotopic (exact) mass is 304 g/mol. The molecule has 0 aliphatic rings. The second kappa shape index (κ2) is 7.10. The maximum Gasteiger partial charge on any atom is 0.234 e. The van der Waals surface area contributed by atoms with E-state index in [0.29, 0.717) is 15.6 Å². The molecule has 2 atom stereocenters. The zero-order chi connectivity index (χ0) is 14.6. The molecule has 19 heavy (non-hydrogen) atoms. The number of hydrogen-bond donors (Lipinski definition) is 3. The molecule has 0 saturated heterocycles. The van der Waals surface area contributed by atoms with E-state index in [0.717, 1.165) is 0 Å². The third-order valence-corrected chi connectivity index (χ3v) is 3.40. The van der Waals surface area contributed by atoms with Crippen LogP contribution in [0, 0.1) is 5.92 Å². The van der Waals surface area contributed by atoms with Crippen molar-refractivity contribution in [2.45, 2.75) is 26.0 Å². The number of rotatable bonds is 6. The van der Waals surface area contributed by atoms with Crippen LogP contribution in [0.5, 0.6) is 0 Å². The number of carbonyl (C=O) groups excluding carboxylic acids is 1. The van der Waals surface area contributed by atoms with Crippen molar-refractivity contribution < 1.29 is 9.90 Å². The van der Waals surface area contributed by atoms with Gasteiger partial charge in [0.05, 0.1) is 12.1 Å². The molecule has 1 aromatic rings. The van der Waals surface area contributed by atoms with Crippen LogP contribution in [0.15, 0.2) is 18.2 Å². The summed E-state index contributed by atoms with van der Waals surface area (Å²) in [6.45, 7) is 3.92. The molecule has 106 valence electrons. The van der Waals surface area contributed by atoms with Crippen molar-refractivity contribution >= 4 is 29.1 Å². The molecule has 0 spiro atoms. The van der Waals surface area contributed by atoms with Crippen LogP contribution in [0.25, 0.3) is 0 Å². The summed E-state index contributed by atoms with van der Waals surface area (Å²) in [7, 11) is 0. The first-order valence-corrected chi connectivity index (χ1v) is 6.74. The fourth-order valence-electron chi connectivity index (χ4n) is 1.78. The summed E-state index contributed by atoms with van der Waals surface area (Å²) in [5, 5.41) is 13.9. The predicted molar refractivity (Wildman–Crippen MR) is 77.2 cm³/mol. The standard InChI is InChI=1S/C13H18Cl2N2O2/c1-7(2)12(13(16)19)17-6-11(18)9-5-8(14)3-4-10(9)15/h3-5,7,11-12,17-18H,6H2,1-2H3,(H2,16,19). The lowest BCUT2D eigenvalue weighted by molar-refractivity contribution is -0.121. The van der Waals surface area contributed by atoms with Crippen molar-refractivity contribution in [3.63, 3.8) is 0 Å². The van der Waals surface area contributed by atoms with Gasteiger partial charge in [0.25, 0.3) is 0 Å². The molecule has 4 N–H and O–H groups in total. The van der Waals surface area contributed by atoms with Crippen LogP contribution < -0.4 is 11.1 Å². The van der Waals surface area contributed by atoms with Gasteiger partial charge in [0.1, 0.15) is 0 Å². The summed E-state index contributed by atoms with van der Waals surface area (Å²) in [5.74, 6) is -0.404. The molecule has 1 rings (SSSR count). The van der Waals surface area contributed by atoms with Crippen LogP contribution in [0.4, 0.5) is 0 Å². The Morgan fingerprint density at radius 2 is 2.05 bits per heavy atom. The highest BCUT2D eigenvalue weighted by molar-refractivity contribution is 6.33. The Balaban J connectivity index is 2.71. The minimum Gasteiger partial charge on any atom is -0.387 e. The minimum absolute atomic E-state index is 0.0412. The lowest BCUT2D eigenvalue weighted by atomic mass is 10.0. The smallest absolute Gasteiger partial charge is 0.234 e. The van der Waals surface area contributed by atoms with E-state index in [2.05, 4.69) is 5.32 Å². The predicted octanol–water partition coefficient (Wildman–Crippen LogP) is 2.13. The zero-order valence-electron chi connectivity index (χ0n) is 10.9. The number of aliphatic hydroxyl groups excluding tert-OH is 1. The SMILES string of the molecule is CC(C)C(NCC(O)c1cc(Cl)ccc1Cl)C(N)=O. The van der Waals surface area contributed by atoms with Gasteiger partial charge in [-0.25, -0.2) is 0 Å². The van der Waals surface area contributed by atoms with Crippen LogP contribution in [-0.4, -0.2) is 23.6 Å². The number of hydrogen-bond acceptors (Lipinski definition) is 3. The Bertz CT molecular complexity index is 452. The van der Waals surface area contributed by atoms with E-state index in [9.17, 15) is 9.90 Å². The fraction of sp³-hybridized carbons (Fsp3) is 0.462. The Morgan fingerprint density at radius 1 is 1.42 bits per heavy atom. The van der Waals surface area contributed by atoms with Gasteiger partial charge in [-0.3, -0.25) is 4.79 Å². The molecule has 2 unspecified atom stereocenters. The molecule has 6 heteroatoms. The number of carbonyl (C=O) groups is 1. The highest BCUT2D eigenvalue weighted by Gasteiger charge is 2.21. The second-order valence-corrected chi connectivity index (χ2v) is 5.56. The van der Waals surface area contributed by atoms with E-state index in [-0.39, 0.29) is 12.5 Å². The van der Waals surface area contributed by atoms with Gasteiger partial charge in [0, 0.05) is 22.2 Å². The first-order valence-electron chi connectivity index (χ1n) is 5.98. The van der Waals surface area contributed by atoms with Crippen LogP contribution in [0.1, 0.15) is 25.5 Å². The van der Waals surface area contributed by atoms with E-state index in [4.69, 9.17) is 28.9 Å². The number of nitrogens with two attached hydrogens (primary N) is 1. The summed E-state index contributed by atoms with van der Waals surface area (Å²) in [6, 6.07) is 4.38. The molecular formula is C13H18Cl2N2O2. The Hall–Kier alpha value is -0.810. The quantitative estimate of drug-likeness (QED) is 0.753. The number of halogens is 2. The fourth-order valence-corrected chi connectivity index (χ4v) is 2.21. The van der Waals surface area contributed by atoms with Gasteiger partial charge in [-0.1, -0.05) is 37.0 Å². The maximum atomic E-state index is 11.2. The number of nitrogens with one attached hydrogen (secondary N) is 1. The summed E-state index contributed by atoms with van der Waals surface area (Å²) >= 11 is 11.9. The van der Waals surface area contributed by atoms with Gasteiger partial charge in [-0.2, -0.15) is 0 Å². The van der Waals surface area contributed by atoms with Crippen LogP contribution >= 0.6 is 23.2 Å². The molecule has 0 saturated carbocycles. The molecule has 0 aliphatic carbocycles. The Kier molecular flexibility index (Phi) is 6.07. The van der Waals surface area contributed by atoms with Gasteiger partial charge in [-0.15, -0.1) is 0 Å². The minimum atomic E-state index is -0.855. The Morgan fingerprint density at radius 3 is 2.58 bits per heavy atom. The van der Waals surface area contributed by atoms with Gasteiger partial charge in [0.15, 0.2) is 0 Å². The van der Waals surface area contributed by atoms with Crippen molar-refractivity contribution in [3.8, 4) is 0 Å². The molecule has 0 radical (unpaired) electrons. The number of aliphatic hydroxyl groups is 1. The average Bonchev–Trinajstić information content (AvgIpc) is 2.31. The first-order chi connectivity index (χ1) is 8.82. The van der Waals surface area contributed by atoms with Crippen molar-refractivity contribution in [2.24, 2.45) is 11.7 Å². The van der Waals surface area contributed by atoms with Gasteiger partial charge >= 0.3 is 0 Å². The molecule has 0 aliphatic heterocycles. The van der Waals surface area contributed by atoms with E-state index < -0.39 is 18.1 Å².